The Bertz CT molecular complexity index is 868. The van der Waals surface area contributed by atoms with E-state index in [1.54, 1.807) is 6.20 Å². The zero-order chi connectivity index (χ0) is 19.6. The molecule has 0 aliphatic heterocycles. The number of aryl methyl sites for hydroxylation is 1. The Kier molecular flexibility index (Phi) is 7.18. The Hall–Kier alpha value is -3.15. The van der Waals surface area contributed by atoms with Gasteiger partial charge in [0.05, 0.1) is 13.1 Å². The van der Waals surface area contributed by atoms with Crippen LogP contribution in [0.5, 0.6) is 0 Å². The molecule has 0 saturated carbocycles. The van der Waals surface area contributed by atoms with Crippen LogP contribution in [0.15, 0.2) is 66.0 Å². The number of aromatic nitrogens is 3. The lowest BCUT2D eigenvalue weighted by atomic mass is 10.1. The molecule has 0 aliphatic rings. The lowest BCUT2D eigenvalue weighted by Gasteiger charge is -2.13. The number of guanidine groups is 1. The molecule has 6 heteroatoms. The smallest absolute Gasteiger partial charge is 0.191 e. The van der Waals surface area contributed by atoms with Crippen molar-refractivity contribution < 1.29 is 0 Å². The molecule has 1 aromatic carbocycles. The van der Waals surface area contributed by atoms with E-state index in [-0.39, 0.29) is 0 Å². The van der Waals surface area contributed by atoms with Gasteiger partial charge in [-0.15, -0.1) is 0 Å². The topological polar surface area (TPSA) is 67.1 Å². The number of hydrogen-bond acceptors (Lipinski definition) is 3. The van der Waals surface area contributed by atoms with Gasteiger partial charge >= 0.3 is 0 Å². The summed E-state index contributed by atoms with van der Waals surface area (Å²) in [5.74, 6) is 0.830. The number of hydrogen-bond donors (Lipinski definition) is 2. The van der Waals surface area contributed by atoms with Gasteiger partial charge < -0.3 is 10.6 Å². The average Bonchev–Trinajstić information content (AvgIpc) is 3.22. The molecule has 2 N–H and O–H groups in total. The van der Waals surface area contributed by atoms with Crippen molar-refractivity contribution in [3.63, 3.8) is 0 Å². The predicted octanol–water partition coefficient (Wildman–Crippen LogP) is 2.93. The second-order valence-electron chi connectivity index (χ2n) is 6.65. The molecule has 0 saturated heterocycles. The Morgan fingerprint density at radius 2 is 1.93 bits per heavy atom. The Morgan fingerprint density at radius 1 is 1.07 bits per heavy atom. The lowest BCUT2D eigenvalue weighted by Crippen LogP contribution is -2.38. The third-order valence-corrected chi connectivity index (χ3v) is 4.44. The molecule has 0 unspecified atom stereocenters. The summed E-state index contributed by atoms with van der Waals surface area (Å²) in [6.07, 6.45) is 6.63. The summed E-state index contributed by atoms with van der Waals surface area (Å²) in [6, 6.07) is 14.5. The van der Waals surface area contributed by atoms with Crippen molar-refractivity contribution in [2.45, 2.75) is 33.4 Å². The Morgan fingerprint density at radius 3 is 2.64 bits per heavy atom. The first kappa shape index (κ1) is 19.6. The van der Waals surface area contributed by atoms with Crippen molar-refractivity contribution >= 4 is 5.96 Å². The zero-order valence-electron chi connectivity index (χ0n) is 16.6. The molecular weight excluding hydrogens is 348 g/mol. The minimum atomic E-state index is 0.624. The highest BCUT2D eigenvalue weighted by atomic mass is 15.3. The molecule has 0 atom stereocenters. The van der Waals surface area contributed by atoms with Gasteiger partial charge in [-0.05, 0) is 49.1 Å². The Balaban J connectivity index is 1.60. The predicted molar refractivity (Wildman–Crippen MR) is 113 cm³/mol. The third kappa shape index (κ3) is 5.94. The quantitative estimate of drug-likeness (QED) is 0.469. The van der Waals surface area contributed by atoms with Gasteiger partial charge in [-0.25, -0.2) is 4.99 Å². The standard InChI is InChI=1S/C22H28N6/c1-3-23-22(24-13-11-19-10-9-18(2)25-15-19)26-16-20-7-4-5-8-21(20)17-28-14-6-12-27-28/h4-10,12,14-15H,3,11,13,16-17H2,1-2H3,(H2,23,24,26). The van der Waals surface area contributed by atoms with Crippen LogP contribution in [-0.2, 0) is 19.5 Å². The maximum atomic E-state index is 4.77. The molecule has 0 spiro atoms. The largest absolute Gasteiger partial charge is 0.357 e. The summed E-state index contributed by atoms with van der Waals surface area (Å²) < 4.78 is 1.93. The highest BCUT2D eigenvalue weighted by molar-refractivity contribution is 5.79. The van der Waals surface area contributed by atoms with Gasteiger partial charge in [0.15, 0.2) is 5.96 Å². The zero-order valence-corrected chi connectivity index (χ0v) is 16.6. The first-order valence-corrected chi connectivity index (χ1v) is 9.72. The van der Waals surface area contributed by atoms with Gasteiger partial charge in [0.2, 0.25) is 0 Å². The summed E-state index contributed by atoms with van der Waals surface area (Å²) in [5, 5.41) is 11.0. The van der Waals surface area contributed by atoms with Crippen molar-refractivity contribution in [1.82, 2.24) is 25.4 Å². The van der Waals surface area contributed by atoms with E-state index in [9.17, 15) is 0 Å². The van der Waals surface area contributed by atoms with Gasteiger partial charge in [0, 0.05) is 37.4 Å². The molecule has 6 nitrogen and oxygen atoms in total. The summed E-state index contributed by atoms with van der Waals surface area (Å²) in [6.45, 7) is 7.09. The highest BCUT2D eigenvalue weighted by Crippen LogP contribution is 2.11. The molecule has 2 heterocycles. The maximum absolute atomic E-state index is 4.77. The van der Waals surface area contributed by atoms with Crippen LogP contribution in [-0.4, -0.2) is 33.8 Å². The molecule has 0 aliphatic carbocycles. The fourth-order valence-electron chi connectivity index (χ4n) is 2.91. The molecule has 3 rings (SSSR count). The number of benzene rings is 1. The Labute approximate surface area is 166 Å². The SMILES string of the molecule is CCNC(=NCc1ccccc1Cn1cccn1)NCCc1ccc(C)nc1. The highest BCUT2D eigenvalue weighted by Gasteiger charge is 2.04. The molecule has 0 bridgehead atoms. The summed E-state index contributed by atoms with van der Waals surface area (Å²) >= 11 is 0. The summed E-state index contributed by atoms with van der Waals surface area (Å²) in [4.78, 5) is 9.12. The van der Waals surface area contributed by atoms with Crippen LogP contribution in [0.2, 0.25) is 0 Å². The molecule has 0 radical (unpaired) electrons. The first-order valence-electron chi connectivity index (χ1n) is 9.72. The van der Waals surface area contributed by atoms with Crippen molar-refractivity contribution in [2.24, 2.45) is 4.99 Å². The first-order chi connectivity index (χ1) is 13.7. The molecule has 3 aromatic rings. The number of nitrogens with zero attached hydrogens (tertiary/aromatic N) is 4. The molecule has 2 aromatic heterocycles. The van der Waals surface area contributed by atoms with E-state index in [2.05, 4.69) is 58.0 Å². The van der Waals surface area contributed by atoms with E-state index in [1.165, 1.54) is 16.7 Å². The van der Waals surface area contributed by atoms with Crippen LogP contribution < -0.4 is 10.6 Å². The van der Waals surface area contributed by atoms with E-state index in [4.69, 9.17) is 4.99 Å². The number of aliphatic imine (C=N–C) groups is 1. The second kappa shape index (κ2) is 10.3. The van der Waals surface area contributed by atoms with Crippen LogP contribution in [0.25, 0.3) is 0 Å². The van der Waals surface area contributed by atoms with Gasteiger partial charge in [-0.3, -0.25) is 9.67 Å². The molecule has 0 fully saturated rings. The minimum absolute atomic E-state index is 0.624. The average molecular weight is 377 g/mol. The van der Waals surface area contributed by atoms with Crippen LogP contribution >= 0.6 is 0 Å². The number of nitrogens with one attached hydrogen (secondary N) is 2. The van der Waals surface area contributed by atoms with E-state index in [0.29, 0.717) is 6.54 Å². The van der Waals surface area contributed by atoms with Crippen LogP contribution in [0.4, 0.5) is 0 Å². The van der Waals surface area contributed by atoms with Crippen LogP contribution in [0.1, 0.15) is 29.3 Å². The van der Waals surface area contributed by atoms with E-state index in [1.807, 2.05) is 36.1 Å². The molecule has 146 valence electrons. The van der Waals surface area contributed by atoms with Crippen molar-refractivity contribution in [1.29, 1.82) is 0 Å². The van der Waals surface area contributed by atoms with Crippen LogP contribution in [0, 0.1) is 6.92 Å². The lowest BCUT2D eigenvalue weighted by molar-refractivity contribution is 0.680. The minimum Gasteiger partial charge on any atom is -0.357 e. The van der Waals surface area contributed by atoms with Gasteiger partial charge in [0.25, 0.3) is 0 Å². The molecular formula is C22H28N6. The number of rotatable bonds is 8. The van der Waals surface area contributed by atoms with Crippen LogP contribution in [0.3, 0.4) is 0 Å². The van der Waals surface area contributed by atoms with E-state index >= 15 is 0 Å². The van der Waals surface area contributed by atoms with Gasteiger partial charge in [-0.1, -0.05) is 30.3 Å². The summed E-state index contributed by atoms with van der Waals surface area (Å²) in [7, 11) is 0. The second-order valence-corrected chi connectivity index (χ2v) is 6.65. The van der Waals surface area contributed by atoms with E-state index < -0.39 is 0 Å². The molecule has 28 heavy (non-hydrogen) atoms. The van der Waals surface area contributed by atoms with Gasteiger partial charge in [0.1, 0.15) is 0 Å². The van der Waals surface area contributed by atoms with Crippen molar-refractivity contribution in [3.05, 3.63) is 83.4 Å². The van der Waals surface area contributed by atoms with Gasteiger partial charge in [-0.2, -0.15) is 5.10 Å². The third-order valence-electron chi connectivity index (χ3n) is 4.44. The molecule has 0 amide bonds. The monoisotopic (exact) mass is 376 g/mol. The normalized spacial score (nSPS) is 11.4. The maximum Gasteiger partial charge on any atom is 0.191 e. The summed E-state index contributed by atoms with van der Waals surface area (Å²) in [5.41, 5.74) is 4.70. The van der Waals surface area contributed by atoms with Crippen molar-refractivity contribution in [2.75, 3.05) is 13.1 Å². The fraction of sp³-hybridized carbons (Fsp3) is 0.318. The number of pyridine rings is 1. The van der Waals surface area contributed by atoms with E-state index in [0.717, 1.165) is 37.7 Å². The van der Waals surface area contributed by atoms with Crippen molar-refractivity contribution in [3.8, 4) is 0 Å². The fourth-order valence-corrected chi connectivity index (χ4v) is 2.91.